The van der Waals surface area contributed by atoms with Gasteiger partial charge in [-0.3, -0.25) is 0 Å². The summed E-state index contributed by atoms with van der Waals surface area (Å²) in [4.78, 5) is 0. The van der Waals surface area contributed by atoms with Gasteiger partial charge in [-0.15, -0.1) is 0 Å². The topological polar surface area (TPSA) is 43.4 Å². The van der Waals surface area contributed by atoms with Crippen LogP contribution < -0.4 is 0 Å². The Morgan fingerprint density at radius 2 is 2.14 bits per heavy atom. The van der Waals surface area contributed by atoms with Gasteiger partial charge in [0.2, 0.25) is 0 Å². The third-order valence-electron chi connectivity index (χ3n) is 2.58. The number of rotatable bonds is 3. The minimum Gasteiger partial charge on any atom is -0.390 e. The highest BCUT2D eigenvalue weighted by molar-refractivity contribution is 7.88. The van der Waals surface area contributed by atoms with E-state index in [4.69, 9.17) is 0 Å². The average molecular weight is 214 g/mol. The lowest BCUT2D eigenvalue weighted by molar-refractivity contribution is 0.400. The molecule has 0 heterocycles. The van der Waals surface area contributed by atoms with E-state index in [1.165, 1.54) is 0 Å². The van der Waals surface area contributed by atoms with E-state index in [1.807, 2.05) is 19.1 Å². The predicted octanol–water partition coefficient (Wildman–Crippen LogP) is 2.00. The van der Waals surface area contributed by atoms with E-state index >= 15 is 0 Å². The van der Waals surface area contributed by atoms with Crippen LogP contribution in [-0.2, 0) is 14.3 Å². The van der Waals surface area contributed by atoms with E-state index in [1.54, 1.807) is 19.1 Å². The summed E-state index contributed by atoms with van der Waals surface area (Å²) in [7, 11) is -3.64. The standard InChI is InChI=1S/C10H14O3S/c1-4-13-14(11,12)10(3)8-6-5-7-9(10)2/h4-9H,1H2,2-3H3. The Kier molecular flexibility index (Phi) is 2.85. The zero-order valence-electron chi connectivity index (χ0n) is 8.30. The highest BCUT2D eigenvalue weighted by Crippen LogP contribution is 2.33. The molecule has 1 aliphatic carbocycles. The molecule has 0 amide bonds. The molecule has 0 aromatic rings. The van der Waals surface area contributed by atoms with Gasteiger partial charge in [-0.2, -0.15) is 8.42 Å². The summed E-state index contributed by atoms with van der Waals surface area (Å²) < 4.78 is 27.1. The summed E-state index contributed by atoms with van der Waals surface area (Å²) in [5.74, 6) is -0.113. The molecular weight excluding hydrogens is 200 g/mol. The van der Waals surface area contributed by atoms with Gasteiger partial charge in [0.15, 0.2) is 0 Å². The smallest absolute Gasteiger partial charge is 0.318 e. The maximum Gasteiger partial charge on any atom is 0.318 e. The Hall–Kier alpha value is -1.03. The summed E-state index contributed by atoms with van der Waals surface area (Å²) in [6, 6.07) is 0. The van der Waals surface area contributed by atoms with Crippen molar-refractivity contribution in [3.63, 3.8) is 0 Å². The lowest BCUT2D eigenvalue weighted by Gasteiger charge is -2.30. The van der Waals surface area contributed by atoms with Gasteiger partial charge in [0.05, 0.1) is 6.26 Å². The molecule has 3 nitrogen and oxygen atoms in total. The van der Waals surface area contributed by atoms with E-state index in [-0.39, 0.29) is 5.92 Å². The minimum absolute atomic E-state index is 0.113. The normalized spacial score (nSPS) is 31.4. The highest BCUT2D eigenvalue weighted by atomic mass is 32.2. The first-order valence-electron chi connectivity index (χ1n) is 4.34. The third-order valence-corrected chi connectivity index (χ3v) is 4.55. The Bertz CT molecular complexity index is 378. The quantitative estimate of drug-likeness (QED) is 0.533. The Labute approximate surface area is 84.9 Å². The van der Waals surface area contributed by atoms with Crippen LogP contribution in [0.5, 0.6) is 0 Å². The van der Waals surface area contributed by atoms with Crippen molar-refractivity contribution < 1.29 is 12.6 Å². The molecule has 2 atom stereocenters. The van der Waals surface area contributed by atoms with Crippen LogP contribution in [0.15, 0.2) is 37.1 Å². The minimum atomic E-state index is -3.64. The van der Waals surface area contributed by atoms with Crippen LogP contribution in [0.25, 0.3) is 0 Å². The van der Waals surface area contributed by atoms with E-state index in [0.717, 1.165) is 6.26 Å². The van der Waals surface area contributed by atoms with Crippen LogP contribution in [0.3, 0.4) is 0 Å². The van der Waals surface area contributed by atoms with Crippen molar-refractivity contribution in [2.75, 3.05) is 0 Å². The van der Waals surface area contributed by atoms with Gasteiger partial charge < -0.3 is 4.18 Å². The maximum absolute atomic E-state index is 11.7. The van der Waals surface area contributed by atoms with Crippen molar-refractivity contribution >= 4 is 10.1 Å². The molecule has 0 aromatic heterocycles. The molecule has 0 spiro atoms. The van der Waals surface area contributed by atoms with Crippen LogP contribution >= 0.6 is 0 Å². The molecule has 0 radical (unpaired) electrons. The first-order chi connectivity index (χ1) is 6.44. The van der Waals surface area contributed by atoms with Gasteiger partial charge >= 0.3 is 10.1 Å². The molecule has 0 N–H and O–H groups in total. The first-order valence-corrected chi connectivity index (χ1v) is 5.74. The maximum atomic E-state index is 11.7. The fraction of sp³-hybridized carbons (Fsp3) is 0.400. The second-order valence-corrected chi connectivity index (χ2v) is 5.41. The Balaban J connectivity index is 3.12. The molecule has 0 aliphatic heterocycles. The Morgan fingerprint density at radius 3 is 2.64 bits per heavy atom. The van der Waals surface area contributed by atoms with E-state index < -0.39 is 14.9 Å². The van der Waals surface area contributed by atoms with Gasteiger partial charge in [0, 0.05) is 5.92 Å². The number of allylic oxidation sites excluding steroid dienone is 3. The van der Waals surface area contributed by atoms with Crippen molar-refractivity contribution in [2.45, 2.75) is 18.6 Å². The molecule has 0 aromatic carbocycles. The van der Waals surface area contributed by atoms with Crippen LogP contribution in [0.4, 0.5) is 0 Å². The van der Waals surface area contributed by atoms with E-state index in [2.05, 4.69) is 10.8 Å². The molecule has 0 saturated carbocycles. The Morgan fingerprint density at radius 1 is 1.50 bits per heavy atom. The summed E-state index contributed by atoms with van der Waals surface area (Å²) in [5.41, 5.74) is 0. The molecule has 1 rings (SSSR count). The lowest BCUT2D eigenvalue weighted by Crippen LogP contribution is -2.40. The highest BCUT2D eigenvalue weighted by Gasteiger charge is 2.43. The SMILES string of the molecule is C=COS(=O)(=O)C1(C)C=CC=CC1C. The zero-order chi connectivity index (χ0) is 10.8. The van der Waals surface area contributed by atoms with Crippen LogP contribution in [0, 0.1) is 5.92 Å². The molecule has 0 fully saturated rings. The second kappa shape index (κ2) is 3.61. The zero-order valence-corrected chi connectivity index (χ0v) is 9.12. The van der Waals surface area contributed by atoms with Crippen LogP contribution in [0.1, 0.15) is 13.8 Å². The van der Waals surface area contributed by atoms with Crippen molar-refractivity contribution in [2.24, 2.45) is 5.92 Å². The molecule has 0 saturated heterocycles. The average Bonchev–Trinajstić information content (AvgIpc) is 2.10. The summed E-state index contributed by atoms with van der Waals surface area (Å²) in [6.45, 7) is 6.73. The number of hydrogen-bond acceptors (Lipinski definition) is 3. The largest absolute Gasteiger partial charge is 0.390 e. The van der Waals surface area contributed by atoms with Crippen molar-refractivity contribution in [3.8, 4) is 0 Å². The number of hydrogen-bond donors (Lipinski definition) is 0. The van der Waals surface area contributed by atoms with E-state index in [9.17, 15) is 8.42 Å². The van der Waals surface area contributed by atoms with Gasteiger partial charge in [-0.1, -0.05) is 37.8 Å². The van der Waals surface area contributed by atoms with Crippen LogP contribution in [-0.4, -0.2) is 13.2 Å². The van der Waals surface area contributed by atoms with Gasteiger partial charge in [-0.05, 0) is 6.92 Å². The van der Waals surface area contributed by atoms with Crippen molar-refractivity contribution in [1.29, 1.82) is 0 Å². The molecule has 14 heavy (non-hydrogen) atoms. The van der Waals surface area contributed by atoms with Gasteiger partial charge in [0.25, 0.3) is 0 Å². The monoisotopic (exact) mass is 214 g/mol. The summed E-state index contributed by atoms with van der Waals surface area (Å²) in [6.07, 6.45) is 7.96. The fourth-order valence-electron chi connectivity index (χ4n) is 1.32. The fourth-order valence-corrected chi connectivity index (χ4v) is 2.49. The van der Waals surface area contributed by atoms with Crippen molar-refractivity contribution in [1.82, 2.24) is 0 Å². The van der Waals surface area contributed by atoms with Gasteiger partial charge in [0.1, 0.15) is 4.75 Å². The molecule has 1 aliphatic rings. The lowest BCUT2D eigenvalue weighted by atomic mass is 9.91. The molecular formula is C10H14O3S. The molecule has 78 valence electrons. The second-order valence-electron chi connectivity index (χ2n) is 3.43. The summed E-state index contributed by atoms with van der Waals surface area (Å²) >= 11 is 0. The van der Waals surface area contributed by atoms with Gasteiger partial charge in [-0.25, -0.2) is 0 Å². The molecule has 4 heteroatoms. The third kappa shape index (κ3) is 1.62. The van der Waals surface area contributed by atoms with Crippen LogP contribution in [0.2, 0.25) is 0 Å². The summed E-state index contributed by atoms with van der Waals surface area (Å²) in [5, 5.41) is 0. The molecule has 2 unspecified atom stereocenters. The van der Waals surface area contributed by atoms with Crippen molar-refractivity contribution in [3.05, 3.63) is 37.1 Å². The van der Waals surface area contributed by atoms with E-state index in [0.29, 0.717) is 0 Å². The predicted molar refractivity (Wildman–Crippen MR) is 56.1 cm³/mol. The first kappa shape index (κ1) is 11.0. The molecule has 0 bridgehead atoms.